The van der Waals surface area contributed by atoms with Gasteiger partial charge in [-0.1, -0.05) is 0 Å². The molecule has 0 N–H and O–H groups in total. The van der Waals surface area contributed by atoms with Crippen LogP contribution in [0.1, 0.15) is 38.5 Å². The fourth-order valence-electron chi connectivity index (χ4n) is 4.51. The third-order valence-electron chi connectivity index (χ3n) is 6.42. The minimum absolute atomic E-state index is 2.64. The molecule has 56 heavy (non-hydrogen) atoms. The summed E-state index contributed by atoms with van der Waals surface area (Å²) in [6.45, 7) is 0. The maximum atomic E-state index is 14.8. The fraction of sp³-hybridized carbons (Fsp3) is 1.00. The van der Waals surface area contributed by atoms with Crippen LogP contribution in [0.3, 0.4) is 0 Å². The quantitative estimate of drug-likeness (QED) is 0.101. The van der Waals surface area contributed by atoms with Gasteiger partial charge in [-0.3, -0.25) is 13.6 Å². The van der Waals surface area contributed by atoms with Crippen LogP contribution in [0, 0.1) is 0 Å². The van der Waals surface area contributed by atoms with E-state index in [1.165, 1.54) is 0 Å². The molecule has 0 radical (unpaired) electrons. The Morgan fingerprint density at radius 3 is 0.518 bits per heavy atom. The van der Waals surface area contributed by atoms with Crippen LogP contribution in [-0.4, -0.2) is 90.9 Å². The minimum Gasteiger partial charge on any atom is -0.273 e. The summed E-state index contributed by atoms with van der Waals surface area (Å²) in [5.41, 5.74) is -21.5. The summed E-state index contributed by atoms with van der Waals surface area (Å²) in [6.07, 6.45) is -91.2. The van der Waals surface area contributed by atoms with E-state index < -0.39 is 137 Å². The van der Waals surface area contributed by atoms with E-state index in [1.807, 2.05) is 0 Å². The maximum Gasteiger partial charge on any atom is 0.477 e. The molecule has 0 atom stereocenters. The Hall–Kier alpha value is -1.99. The van der Waals surface area contributed by atoms with Crippen molar-refractivity contribution in [2.75, 3.05) is 0 Å². The second-order valence-corrected chi connectivity index (χ2v) is 12.7. The van der Waals surface area contributed by atoms with Crippen LogP contribution < -0.4 is 0 Å². The molecule has 0 spiro atoms. The SMILES string of the molecule is O=P(OC(CC(F)(F)F)(CC(F)(F)F)C(F)(F)C(F)F)(OC(CC(F)(F)F)(CC(F)(F)F)C(F)(F)C(F)F)OC(CC(F)(F)F)(CC(F)(F)F)C(F)(F)C(F)F. The fourth-order valence-corrected chi connectivity index (χ4v) is 6.66. The Labute approximate surface area is 288 Å². The first kappa shape index (κ1) is 54.0. The van der Waals surface area contributed by atoms with Gasteiger partial charge in [0.2, 0.25) is 0 Å². The first-order valence-electron chi connectivity index (χ1n) is 13.0. The molecule has 0 heterocycles. The van der Waals surface area contributed by atoms with Gasteiger partial charge in [-0.2, -0.15) is 105 Å². The van der Waals surface area contributed by atoms with Crippen molar-refractivity contribution in [1.82, 2.24) is 0 Å². The molecule has 0 fully saturated rings. The minimum atomic E-state index is -9.95. The standard InChI is InChI=1S/C21H15F30O4P/c22-7(23)19(46,47)10(1-13(28,29)30,2-14(31,32)33)53-56(52,54-11(3-15(34,35)36,4-16(37,38)39)20(48,49)8(24)25)55-12(5-17(40,41)42,6-18(43,44)45)21(50,51)9(26)27/h7-9H,1-6H2. The summed E-state index contributed by atoms with van der Waals surface area (Å²) in [7, 11) is -9.95. The van der Waals surface area contributed by atoms with Crippen molar-refractivity contribution in [3.05, 3.63) is 0 Å². The van der Waals surface area contributed by atoms with Gasteiger partial charge in [-0.25, -0.2) is 30.9 Å². The molecule has 0 aliphatic heterocycles. The van der Waals surface area contributed by atoms with E-state index in [1.54, 1.807) is 0 Å². The van der Waals surface area contributed by atoms with E-state index in [4.69, 9.17) is 0 Å². The van der Waals surface area contributed by atoms with E-state index >= 15 is 0 Å². The predicted octanol–water partition coefficient (Wildman–Crippen LogP) is 12.8. The molecule has 0 aliphatic carbocycles. The highest BCUT2D eigenvalue weighted by molar-refractivity contribution is 7.48. The third-order valence-corrected chi connectivity index (χ3v) is 8.14. The molecule has 0 aliphatic rings. The van der Waals surface area contributed by atoms with Gasteiger partial charge in [0.25, 0.3) is 0 Å². The Balaban J connectivity index is 9.41. The van der Waals surface area contributed by atoms with Crippen molar-refractivity contribution >= 4 is 7.82 Å². The molecule has 0 rings (SSSR count). The van der Waals surface area contributed by atoms with E-state index in [9.17, 15) is 136 Å². The number of alkyl halides is 30. The summed E-state index contributed by atoms with van der Waals surface area (Å²) in [6, 6.07) is 0. The lowest BCUT2D eigenvalue weighted by Crippen LogP contribution is -2.62. The number of hydrogen-bond acceptors (Lipinski definition) is 4. The van der Waals surface area contributed by atoms with Gasteiger partial charge in [0.1, 0.15) is 0 Å². The van der Waals surface area contributed by atoms with E-state index in [2.05, 4.69) is 13.6 Å². The average Bonchev–Trinajstić information content (AvgIpc) is 2.81. The first-order valence-corrected chi connectivity index (χ1v) is 14.5. The van der Waals surface area contributed by atoms with Crippen molar-refractivity contribution in [1.29, 1.82) is 0 Å². The maximum absolute atomic E-state index is 14.8. The molecule has 0 saturated carbocycles. The number of phosphoric acid groups is 1. The monoisotopic (exact) mass is 932 g/mol. The van der Waals surface area contributed by atoms with Crippen molar-refractivity contribution in [2.24, 2.45) is 0 Å². The number of phosphoric ester groups is 1. The van der Waals surface area contributed by atoms with Crippen molar-refractivity contribution in [2.45, 2.75) is 129 Å². The summed E-state index contributed by atoms with van der Waals surface area (Å²) in [5, 5.41) is 0. The van der Waals surface area contributed by atoms with Crippen molar-refractivity contribution < 1.29 is 150 Å². The highest BCUT2D eigenvalue weighted by atomic mass is 31.2. The Morgan fingerprint density at radius 2 is 0.429 bits per heavy atom. The molecule has 0 aromatic heterocycles. The van der Waals surface area contributed by atoms with Gasteiger partial charge in [-0.15, -0.1) is 0 Å². The van der Waals surface area contributed by atoms with Crippen LogP contribution in [-0.2, 0) is 18.1 Å². The van der Waals surface area contributed by atoms with Gasteiger partial charge < -0.3 is 0 Å². The largest absolute Gasteiger partial charge is 0.477 e. The predicted molar refractivity (Wildman–Crippen MR) is 116 cm³/mol. The highest BCUT2D eigenvalue weighted by Gasteiger charge is 2.77. The Kier molecular flexibility index (Phi) is 15.6. The lowest BCUT2D eigenvalue weighted by molar-refractivity contribution is -0.328. The molecular weight excluding hydrogens is 917 g/mol. The van der Waals surface area contributed by atoms with Crippen LogP contribution in [0.2, 0.25) is 0 Å². The zero-order chi connectivity index (χ0) is 45.6. The van der Waals surface area contributed by atoms with Gasteiger partial charge >= 0.3 is 81.9 Å². The van der Waals surface area contributed by atoms with Crippen LogP contribution >= 0.6 is 7.82 Å². The number of hydrogen-bond donors (Lipinski definition) is 0. The Bertz CT molecular complexity index is 1110. The van der Waals surface area contributed by atoms with Crippen LogP contribution in [0.25, 0.3) is 0 Å². The molecule has 0 unspecified atom stereocenters. The molecule has 0 amide bonds. The second-order valence-electron chi connectivity index (χ2n) is 11.2. The molecule has 0 bridgehead atoms. The summed E-state index contributed by atoms with van der Waals surface area (Å²) < 4.78 is 432. The topological polar surface area (TPSA) is 44.8 Å². The third kappa shape index (κ3) is 14.4. The zero-order valence-corrected chi connectivity index (χ0v) is 26.3. The van der Waals surface area contributed by atoms with E-state index in [-0.39, 0.29) is 0 Å². The molecule has 0 aromatic rings. The number of halogens is 30. The van der Waals surface area contributed by atoms with Gasteiger partial charge in [0.15, 0.2) is 16.8 Å². The van der Waals surface area contributed by atoms with Crippen LogP contribution in [0.5, 0.6) is 0 Å². The van der Waals surface area contributed by atoms with Crippen LogP contribution in [0.4, 0.5) is 132 Å². The summed E-state index contributed by atoms with van der Waals surface area (Å²) in [5.74, 6) is -23.2. The van der Waals surface area contributed by atoms with Gasteiger partial charge in [-0.05, 0) is 0 Å². The van der Waals surface area contributed by atoms with Gasteiger partial charge in [0, 0.05) is 0 Å². The van der Waals surface area contributed by atoms with Crippen LogP contribution in [0.15, 0.2) is 0 Å². The van der Waals surface area contributed by atoms with Gasteiger partial charge in [0.05, 0.1) is 38.5 Å². The highest BCUT2D eigenvalue weighted by Crippen LogP contribution is 2.70. The Morgan fingerprint density at radius 1 is 0.304 bits per heavy atom. The lowest BCUT2D eigenvalue weighted by atomic mass is 9.87. The van der Waals surface area contributed by atoms with E-state index in [0.29, 0.717) is 0 Å². The summed E-state index contributed by atoms with van der Waals surface area (Å²) >= 11 is 0. The molecule has 35 heteroatoms. The first-order chi connectivity index (χ1) is 23.9. The molecule has 338 valence electrons. The second kappa shape index (κ2) is 16.2. The molecule has 0 saturated heterocycles. The summed E-state index contributed by atoms with van der Waals surface area (Å²) in [4.78, 5) is 0. The number of rotatable bonds is 18. The molecular formula is C21H15F30O4P. The molecule has 4 nitrogen and oxygen atoms in total. The van der Waals surface area contributed by atoms with Crippen molar-refractivity contribution in [3.8, 4) is 0 Å². The smallest absolute Gasteiger partial charge is 0.273 e. The normalized spacial score (nSPS) is 16.2. The molecule has 0 aromatic carbocycles. The van der Waals surface area contributed by atoms with E-state index in [0.717, 1.165) is 0 Å². The lowest BCUT2D eigenvalue weighted by Gasteiger charge is -2.48. The zero-order valence-electron chi connectivity index (χ0n) is 25.4. The average molecular weight is 932 g/mol. The van der Waals surface area contributed by atoms with Crippen molar-refractivity contribution in [3.63, 3.8) is 0 Å².